The second kappa shape index (κ2) is 9.51. The number of rotatable bonds is 4. The Morgan fingerprint density at radius 2 is 1.77 bits per heavy atom. The van der Waals surface area contributed by atoms with Crippen LogP contribution in [0, 0.1) is 6.92 Å². The summed E-state index contributed by atoms with van der Waals surface area (Å²) >= 11 is 7.38. The number of hydrogen-bond acceptors (Lipinski definition) is 7. The summed E-state index contributed by atoms with van der Waals surface area (Å²) in [6.07, 6.45) is 0. The highest BCUT2D eigenvalue weighted by Crippen LogP contribution is 2.55. The van der Waals surface area contributed by atoms with Gasteiger partial charge in [-0.2, -0.15) is 0 Å². The predicted molar refractivity (Wildman–Crippen MR) is 170 cm³/mol. The number of anilines is 2. The molecule has 2 aliphatic rings. The van der Waals surface area contributed by atoms with Crippen LogP contribution in [-0.2, 0) is 16.9 Å². The van der Waals surface area contributed by atoms with Gasteiger partial charge in [0.15, 0.2) is 16.1 Å². The van der Waals surface area contributed by atoms with Crippen molar-refractivity contribution in [1.82, 2.24) is 4.98 Å². The molecule has 216 valence electrons. The monoisotopic (exact) mass is 619 g/mol. The van der Waals surface area contributed by atoms with Crippen LogP contribution in [0.1, 0.15) is 32.8 Å². The van der Waals surface area contributed by atoms with E-state index in [0.717, 1.165) is 15.8 Å². The van der Waals surface area contributed by atoms with E-state index in [2.05, 4.69) is 0 Å². The first-order valence-corrected chi connectivity index (χ1v) is 15.0. The van der Waals surface area contributed by atoms with E-state index in [-0.39, 0.29) is 28.6 Å². The fourth-order valence-corrected chi connectivity index (χ4v) is 7.49. The Morgan fingerprint density at radius 1 is 0.977 bits per heavy atom. The molecule has 2 aliphatic heterocycles. The molecule has 1 spiro atoms. The fourth-order valence-electron chi connectivity index (χ4n) is 6.32. The SMILES string of the molecule is COc1ccc2nc(N3C(=O)c4oc5ccc(C)cc5c(=O)c4C34C(=O)N(Cc3ccc(Cl)cc3)c3ccccc34)sc2c1. The Bertz CT molecular complexity index is 2260. The number of amides is 2. The Balaban J connectivity index is 1.44. The molecule has 0 fully saturated rings. The second-order valence-corrected chi connectivity index (χ2v) is 12.3. The molecular weight excluding hydrogens is 598 g/mol. The normalized spacial score (nSPS) is 17.2. The van der Waals surface area contributed by atoms with Crippen LogP contribution in [0.15, 0.2) is 94.1 Å². The number of benzene rings is 4. The standard InChI is InChI=1S/C34H22ClN3O5S/c1-18-7-14-26-22(15-18)29(39)28-30(43-26)31(40)38(33-36-24-13-12-21(42-2)16-27(24)44-33)34(28)23-5-3-4-6-25(23)37(32(34)41)17-19-8-10-20(35)11-9-19/h3-16H,17H2,1-2H3. The van der Waals surface area contributed by atoms with Crippen LogP contribution in [-0.4, -0.2) is 23.9 Å². The number of aryl methyl sites for hydroxylation is 1. The van der Waals surface area contributed by atoms with Gasteiger partial charge in [-0.3, -0.25) is 19.3 Å². The first kappa shape index (κ1) is 26.6. The smallest absolute Gasteiger partial charge is 0.297 e. The minimum atomic E-state index is -1.84. The average molecular weight is 620 g/mol. The number of hydrogen-bond donors (Lipinski definition) is 0. The molecule has 1 atom stereocenters. The maximum Gasteiger partial charge on any atom is 0.297 e. The molecule has 4 aromatic carbocycles. The quantitative estimate of drug-likeness (QED) is 0.215. The average Bonchev–Trinajstić information content (AvgIpc) is 3.64. The Morgan fingerprint density at radius 3 is 2.57 bits per heavy atom. The highest BCUT2D eigenvalue weighted by Gasteiger charge is 2.66. The van der Waals surface area contributed by atoms with Crippen LogP contribution >= 0.6 is 22.9 Å². The van der Waals surface area contributed by atoms with E-state index in [9.17, 15) is 9.59 Å². The summed E-state index contributed by atoms with van der Waals surface area (Å²) in [5, 5.41) is 1.14. The van der Waals surface area contributed by atoms with E-state index in [1.807, 2.05) is 43.3 Å². The molecule has 6 aromatic rings. The molecule has 0 bridgehead atoms. The van der Waals surface area contributed by atoms with Crippen LogP contribution in [0.5, 0.6) is 5.75 Å². The summed E-state index contributed by atoms with van der Waals surface area (Å²) in [6.45, 7) is 2.07. The summed E-state index contributed by atoms with van der Waals surface area (Å²) in [5.74, 6) is -0.591. The van der Waals surface area contributed by atoms with Gasteiger partial charge in [-0.25, -0.2) is 4.98 Å². The number of halogens is 1. The van der Waals surface area contributed by atoms with Gasteiger partial charge in [0.1, 0.15) is 11.3 Å². The molecule has 2 amide bonds. The van der Waals surface area contributed by atoms with Crippen LogP contribution in [0.2, 0.25) is 5.02 Å². The lowest BCUT2D eigenvalue weighted by Crippen LogP contribution is -2.53. The zero-order chi connectivity index (χ0) is 30.3. The van der Waals surface area contributed by atoms with Crippen molar-refractivity contribution in [3.05, 3.63) is 128 Å². The Kier molecular flexibility index (Phi) is 5.75. The minimum Gasteiger partial charge on any atom is -0.497 e. The van der Waals surface area contributed by atoms with Crippen molar-refractivity contribution < 1.29 is 18.7 Å². The van der Waals surface area contributed by atoms with Gasteiger partial charge >= 0.3 is 0 Å². The molecule has 44 heavy (non-hydrogen) atoms. The number of fused-ring (bicyclic) bond motifs is 6. The van der Waals surface area contributed by atoms with Crippen molar-refractivity contribution >= 4 is 66.8 Å². The van der Waals surface area contributed by atoms with Gasteiger partial charge in [-0.05, 0) is 61.0 Å². The van der Waals surface area contributed by atoms with Crippen molar-refractivity contribution in [3.8, 4) is 5.75 Å². The number of ether oxygens (including phenoxy) is 1. The number of thiazole rings is 1. The first-order valence-electron chi connectivity index (χ1n) is 13.8. The molecule has 2 aromatic heterocycles. The molecule has 8 nitrogen and oxygen atoms in total. The molecular formula is C34H22ClN3O5S. The van der Waals surface area contributed by atoms with Gasteiger partial charge in [0.2, 0.25) is 5.76 Å². The topological polar surface area (TPSA) is 93.0 Å². The molecule has 0 radical (unpaired) electrons. The van der Waals surface area contributed by atoms with Crippen molar-refractivity contribution in [2.45, 2.75) is 19.0 Å². The third-order valence-corrected chi connectivity index (χ3v) is 9.56. The zero-order valence-corrected chi connectivity index (χ0v) is 25.0. The molecule has 4 heterocycles. The number of nitrogens with zero attached hydrogens (tertiary/aromatic N) is 3. The Hall–Kier alpha value is -4.99. The molecule has 10 heteroatoms. The fraction of sp³-hybridized carbons (Fsp3) is 0.118. The Labute approximate surface area is 259 Å². The zero-order valence-electron chi connectivity index (χ0n) is 23.5. The maximum absolute atomic E-state index is 15.1. The number of carbonyl (C=O) groups is 2. The molecule has 0 aliphatic carbocycles. The number of para-hydroxylation sites is 1. The predicted octanol–water partition coefficient (Wildman–Crippen LogP) is 6.82. The summed E-state index contributed by atoms with van der Waals surface area (Å²) in [7, 11) is 1.58. The van der Waals surface area contributed by atoms with E-state index in [1.165, 1.54) is 16.2 Å². The van der Waals surface area contributed by atoms with E-state index >= 15 is 4.79 Å². The molecule has 0 saturated heterocycles. The molecule has 0 N–H and O–H groups in total. The second-order valence-electron chi connectivity index (χ2n) is 10.9. The number of carbonyl (C=O) groups excluding carboxylic acids is 2. The summed E-state index contributed by atoms with van der Waals surface area (Å²) < 4.78 is 12.4. The van der Waals surface area contributed by atoms with Crippen LogP contribution in [0.4, 0.5) is 10.8 Å². The van der Waals surface area contributed by atoms with Crippen molar-refractivity contribution in [1.29, 1.82) is 0 Å². The van der Waals surface area contributed by atoms with Gasteiger partial charge in [0.25, 0.3) is 11.8 Å². The van der Waals surface area contributed by atoms with E-state index < -0.39 is 22.8 Å². The van der Waals surface area contributed by atoms with Gasteiger partial charge in [-0.1, -0.05) is 64.9 Å². The van der Waals surface area contributed by atoms with Crippen molar-refractivity contribution in [2.75, 3.05) is 16.9 Å². The first-order chi connectivity index (χ1) is 21.3. The number of methoxy groups -OCH3 is 1. The lowest BCUT2D eigenvalue weighted by Gasteiger charge is -2.32. The summed E-state index contributed by atoms with van der Waals surface area (Å²) in [6, 6.07) is 25.1. The third kappa shape index (κ3) is 3.57. The van der Waals surface area contributed by atoms with Gasteiger partial charge < -0.3 is 14.1 Å². The molecule has 1 unspecified atom stereocenters. The van der Waals surface area contributed by atoms with Gasteiger partial charge in [-0.15, -0.1) is 0 Å². The van der Waals surface area contributed by atoms with Crippen molar-refractivity contribution in [3.63, 3.8) is 0 Å². The van der Waals surface area contributed by atoms with Crippen LogP contribution in [0.25, 0.3) is 21.2 Å². The third-order valence-electron chi connectivity index (χ3n) is 8.31. The highest BCUT2D eigenvalue weighted by atomic mass is 35.5. The van der Waals surface area contributed by atoms with Gasteiger partial charge in [0, 0.05) is 10.6 Å². The largest absolute Gasteiger partial charge is 0.497 e. The molecule has 0 saturated carbocycles. The van der Waals surface area contributed by atoms with Crippen LogP contribution < -0.4 is 20.0 Å². The maximum atomic E-state index is 15.1. The summed E-state index contributed by atoms with van der Waals surface area (Å²) in [5.41, 5.74) is 1.39. The highest BCUT2D eigenvalue weighted by molar-refractivity contribution is 7.22. The summed E-state index contributed by atoms with van der Waals surface area (Å²) in [4.78, 5) is 51.9. The lowest BCUT2D eigenvalue weighted by molar-refractivity contribution is -0.121. The van der Waals surface area contributed by atoms with Gasteiger partial charge in [0.05, 0.1) is 40.5 Å². The minimum absolute atomic E-state index is 0.00603. The van der Waals surface area contributed by atoms with Crippen molar-refractivity contribution in [2.24, 2.45) is 0 Å². The number of aromatic nitrogens is 1. The van der Waals surface area contributed by atoms with E-state index in [1.54, 1.807) is 60.5 Å². The lowest BCUT2D eigenvalue weighted by atomic mass is 9.84. The van der Waals surface area contributed by atoms with Crippen LogP contribution in [0.3, 0.4) is 0 Å². The molecule has 8 rings (SSSR count). The van der Waals surface area contributed by atoms with E-state index in [0.29, 0.717) is 32.9 Å². The van der Waals surface area contributed by atoms with E-state index in [4.69, 9.17) is 25.7 Å².